The van der Waals surface area contributed by atoms with Gasteiger partial charge in [0.15, 0.2) is 5.96 Å². The van der Waals surface area contributed by atoms with Gasteiger partial charge in [-0.25, -0.2) is 0 Å². The average molecular weight is 337 g/mol. The number of rotatable bonds is 7. The first-order valence-electron chi connectivity index (χ1n) is 8.35. The number of likely N-dealkylation sites (tertiary alicyclic amines) is 1. The number of guanidine groups is 1. The van der Waals surface area contributed by atoms with Crippen molar-refractivity contribution in [2.45, 2.75) is 31.9 Å². The Morgan fingerprint density at radius 1 is 1.54 bits per heavy atom. The number of carbonyl (C=O) groups excluding carboxylic acids is 1. The van der Waals surface area contributed by atoms with Crippen LogP contribution in [0.1, 0.15) is 31.6 Å². The van der Waals surface area contributed by atoms with Crippen molar-refractivity contribution < 1.29 is 14.3 Å². The molecule has 24 heavy (non-hydrogen) atoms. The molecule has 0 spiro atoms. The van der Waals surface area contributed by atoms with Gasteiger partial charge in [0.2, 0.25) is 5.91 Å². The van der Waals surface area contributed by atoms with E-state index in [1.165, 1.54) is 6.26 Å². The molecule has 0 aromatic carbocycles. The normalized spacial score (nSPS) is 18.3. The number of primary amides is 1. The summed E-state index contributed by atoms with van der Waals surface area (Å²) in [5.74, 6) is 0.897. The van der Waals surface area contributed by atoms with Crippen LogP contribution in [0, 0.1) is 0 Å². The SMILES string of the molecule is CCNC(=NCC(O)c1ccco1)NC1CCN(CC(N)=O)CC1. The number of amides is 1. The average Bonchev–Trinajstić information content (AvgIpc) is 3.08. The first kappa shape index (κ1) is 18.3. The second-order valence-corrected chi connectivity index (χ2v) is 5.91. The van der Waals surface area contributed by atoms with Gasteiger partial charge in [-0.1, -0.05) is 0 Å². The second-order valence-electron chi connectivity index (χ2n) is 5.91. The molecule has 1 aliphatic heterocycles. The predicted molar refractivity (Wildman–Crippen MR) is 91.4 cm³/mol. The lowest BCUT2D eigenvalue weighted by molar-refractivity contribution is -0.119. The summed E-state index contributed by atoms with van der Waals surface area (Å²) < 4.78 is 5.18. The number of aliphatic imine (C=N–C) groups is 1. The zero-order valence-corrected chi connectivity index (χ0v) is 14.1. The van der Waals surface area contributed by atoms with Crippen LogP contribution in [-0.4, -0.2) is 60.6 Å². The Bertz CT molecular complexity index is 524. The molecular formula is C16H27N5O3. The summed E-state index contributed by atoms with van der Waals surface area (Å²) in [7, 11) is 0. The van der Waals surface area contributed by atoms with Gasteiger partial charge in [-0.05, 0) is 31.9 Å². The topological polar surface area (TPSA) is 116 Å². The molecule has 5 N–H and O–H groups in total. The molecule has 1 unspecified atom stereocenters. The lowest BCUT2D eigenvalue weighted by Crippen LogP contribution is -2.49. The zero-order chi connectivity index (χ0) is 17.4. The van der Waals surface area contributed by atoms with Gasteiger partial charge in [-0.15, -0.1) is 0 Å². The molecule has 1 fully saturated rings. The third-order valence-electron chi connectivity index (χ3n) is 3.95. The minimum atomic E-state index is -0.757. The second kappa shape index (κ2) is 9.29. The van der Waals surface area contributed by atoms with E-state index in [2.05, 4.69) is 20.5 Å². The van der Waals surface area contributed by atoms with Crippen LogP contribution in [0.3, 0.4) is 0 Å². The van der Waals surface area contributed by atoms with Gasteiger partial charge in [0.05, 0.1) is 19.4 Å². The molecule has 134 valence electrons. The van der Waals surface area contributed by atoms with E-state index in [0.717, 1.165) is 32.5 Å². The van der Waals surface area contributed by atoms with Gasteiger partial charge in [0, 0.05) is 25.7 Å². The van der Waals surface area contributed by atoms with E-state index >= 15 is 0 Å². The Morgan fingerprint density at radius 3 is 2.88 bits per heavy atom. The number of furan rings is 1. The van der Waals surface area contributed by atoms with Crippen LogP contribution in [0.2, 0.25) is 0 Å². The van der Waals surface area contributed by atoms with Crippen LogP contribution in [0.4, 0.5) is 0 Å². The predicted octanol–water partition coefficient (Wildman–Crippen LogP) is -0.182. The fourth-order valence-corrected chi connectivity index (χ4v) is 2.72. The number of piperidine rings is 1. The maximum atomic E-state index is 11.0. The van der Waals surface area contributed by atoms with Crippen molar-refractivity contribution >= 4 is 11.9 Å². The van der Waals surface area contributed by atoms with E-state index in [4.69, 9.17) is 10.2 Å². The first-order chi connectivity index (χ1) is 11.6. The van der Waals surface area contributed by atoms with E-state index in [-0.39, 0.29) is 18.5 Å². The van der Waals surface area contributed by atoms with Gasteiger partial charge in [-0.3, -0.25) is 14.7 Å². The van der Waals surface area contributed by atoms with Crippen molar-refractivity contribution in [3.05, 3.63) is 24.2 Å². The van der Waals surface area contributed by atoms with Crippen LogP contribution < -0.4 is 16.4 Å². The van der Waals surface area contributed by atoms with Gasteiger partial charge in [-0.2, -0.15) is 0 Å². The Balaban J connectivity index is 1.82. The molecule has 2 rings (SSSR count). The lowest BCUT2D eigenvalue weighted by atomic mass is 10.1. The summed E-state index contributed by atoms with van der Waals surface area (Å²) in [6.45, 7) is 4.93. The zero-order valence-electron chi connectivity index (χ0n) is 14.1. The van der Waals surface area contributed by atoms with Gasteiger partial charge < -0.3 is 25.9 Å². The summed E-state index contributed by atoms with van der Waals surface area (Å²) >= 11 is 0. The molecule has 1 aliphatic rings. The van der Waals surface area contributed by atoms with E-state index in [1.54, 1.807) is 12.1 Å². The molecule has 8 nitrogen and oxygen atoms in total. The molecule has 1 atom stereocenters. The molecule has 1 amide bonds. The van der Waals surface area contributed by atoms with Gasteiger partial charge >= 0.3 is 0 Å². The molecule has 0 radical (unpaired) electrons. The van der Waals surface area contributed by atoms with Crippen molar-refractivity contribution in [2.75, 3.05) is 32.7 Å². The number of hydrogen-bond donors (Lipinski definition) is 4. The van der Waals surface area contributed by atoms with Crippen molar-refractivity contribution in [3.63, 3.8) is 0 Å². The van der Waals surface area contributed by atoms with E-state index in [1.807, 2.05) is 6.92 Å². The molecule has 8 heteroatoms. The van der Waals surface area contributed by atoms with Crippen molar-refractivity contribution in [2.24, 2.45) is 10.7 Å². The Labute approximate surface area is 142 Å². The highest BCUT2D eigenvalue weighted by Gasteiger charge is 2.21. The van der Waals surface area contributed by atoms with Crippen molar-refractivity contribution in [1.29, 1.82) is 0 Å². The fraction of sp³-hybridized carbons (Fsp3) is 0.625. The monoisotopic (exact) mass is 337 g/mol. The number of aliphatic hydroxyl groups is 1. The Morgan fingerprint density at radius 2 is 2.29 bits per heavy atom. The number of nitrogens with zero attached hydrogens (tertiary/aromatic N) is 2. The molecule has 0 saturated carbocycles. The van der Waals surface area contributed by atoms with Crippen molar-refractivity contribution in [1.82, 2.24) is 15.5 Å². The van der Waals surface area contributed by atoms with Crippen LogP contribution in [0.25, 0.3) is 0 Å². The smallest absolute Gasteiger partial charge is 0.231 e. The lowest BCUT2D eigenvalue weighted by Gasteiger charge is -2.32. The van der Waals surface area contributed by atoms with E-state index < -0.39 is 6.10 Å². The number of nitrogens with one attached hydrogen (secondary N) is 2. The summed E-state index contributed by atoms with van der Waals surface area (Å²) in [4.78, 5) is 17.5. The Kier molecular flexibility index (Phi) is 7.07. The Hall–Kier alpha value is -2.06. The van der Waals surface area contributed by atoms with Crippen molar-refractivity contribution in [3.8, 4) is 0 Å². The minimum absolute atomic E-state index is 0.226. The number of carbonyl (C=O) groups is 1. The molecular weight excluding hydrogens is 310 g/mol. The number of nitrogens with two attached hydrogens (primary N) is 1. The molecule has 0 bridgehead atoms. The maximum absolute atomic E-state index is 11.0. The molecule has 0 aliphatic carbocycles. The summed E-state index contributed by atoms with van der Waals surface area (Å²) in [6.07, 6.45) is 2.61. The molecule has 2 heterocycles. The number of hydrogen-bond acceptors (Lipinski definition) is 5. The van der Waals surface area contributed by atoms with E-state index in [9.17, 15) is 9.90 Å². The minimum Gasteiger partial charge on any atom is -0.467 e. The van der Waals surface area contributed by atoms with E-state index in [0.29, 0.717) is 18.3 Å². The third kappa shape index (κ3) is 5.86. The largest absolute Gasteiger partial charge is 0.467 e. The first-order valence-corrected chi connectivity index (χ1v) is 8.35. The molecule has 1 saturated heterocycles. The highest BCUT2D eigenvalue weighted by atomic mass is 16.4. The summed E-state index contributed by atoms with van der Waals surface area (Å²) in [6, 6.07) is 3.76. The quantitative estimate of drug-likeness (QED) is 0.405. The standard InChI is InChI=1S/C16H27N5O3/c1-2-18-16(19-10-13(22)14-4-3-9-24-14)20-12-5-7-21(8-6-12)11-15(17)23/h3-4,9,12-13,22H,2,5-8,10-11H2,1H3,(H2,17,23)(H2,18,19,20). The fourth-order valence-electron chi connectivity index (χ4n) is 2.72. The van der Waals surface area contributed by atoms with Crippen LogP contribution in [-0.2, 0) is 4.79 Å². The highest BCUT2D eigenvalue weighted by molar-refractivity contribution is 5.80. The van der Waals surface area contributed by atoms with Crippen LogP contribution in [0.15, 0.2) is 27.8 Å². The summed E-state index contributed by atoms with van der Waals surface area (Å²) in [5, 5.41) is 16.6. The summed E-state index contributed by atoms with van der Waals surface area (Å²) in [5.41, 5.74) is 5.23. The third-order valence-corrected chi connectivity index (χ3v) is 3.95. The number of aliphatic hydroxyl groups excluding tert-OH is 1. The maximum Gasteiger partial charge on any atom is 0.231 e. The van der Waals surface area contributed by atoms with Crippen LogP contribution >= 0.6 is 0 Å². The molecule has 1 aromatic rings. The van der Waals surface area contributed by atoms with Gasteiger partial charge in [0.1, 0.15) is 11.9 Å². The van der Waals surface area contributed by atoms with Gasteiger partial charge in [0.25, 0.3) is 0 Å². The van der Waals surface area contributed by atoms with Crippen LogP contribution in [0.5, 0.6) is 0 Å². The molecule has 1 aromatic heterocycles. The highest BCUT2D eigenvalue weighted by Crippen LogP contribution is 2.13.